The Kier molecular flexibility index (Phi) is 8.56. The molecule has 0 saturated heterocycles. The average molecular weight is 795 g/mol. The van der Waals surface area contributed by atoms with Crippen molar-refractivity contribution in [1.29, 1.82) is 0 Å². The number of rotatable bonds is 7. The molecule has 292 valence electrons. The summed E-state index contributed by atoms with van der Waals surface area (Å²) in [5, 5.41) is 1.18. The van der Waals surface area contributed by atoms with Gasteiger partial charge in [-0.3, -0.25) is 0 Å². The molecule has 0 bridgehead atoms. The van der Waals surface area contributed by atoms with Crippen LogP contribution in [0.3, 0.4) is 0 Å². The zero-order valence-corrected chi connectivity index (χ0v) is 33.6. The summed E-state index contributed by atoms with van der Waals surface area (Å²) in [6.07, 6.45) is 4.37. The van der Waals surface area contributed by atoms with E-state index < -0.39 is 0 Å². The summed E-state index contributed by atoms with van der Waals surface area (Å²) < 4.78 is 9.44. The Balaban J connectivity index is 0.938. The third kappa shape index (κ3) is 6.13. The van der Waals surface area contributed by atoms with Gasteiger partial charge in [0.25, 0.3) is 0 Å². The first-order chi connectivity index (χ1) is 30.7. The van der Waals surface area contributed by atoms with E-state index in [-0.39, 0.29) is 12.0 Å². The summed E-state index contributed by atoms with van der Waals surface area (Å²) >= 11 is 0. The van der Waals surface area contributed by atoms with Crippen LogP contribution in [0.5, 0.6) is 5.75 Å². The normalized spacial score (nSPS) is 14.8. The van der Waals surface area contributed by atoms with Crippen LogP contribution in [-0.4, -0.2) is 19.5 Å². The third-order valence-electron chi connectivity index (χ3n) is 12.3. The number of aromatic nitrogens is 4. The van der Waals surface area contributed by atoms with Crippen LogP contribution in [0.1, 0.15) is 28.8 Å². The lowest BCUT2D eigenvalue weighted by Gasteiger charge is -2.23. The largest absolute Gasteiger partial charge is 0.484 e. The van der Waals surface area contributed by atoms with E-state index in [2.05, 4.69) is 199 Å². The summed E-state index contributed by atoms with van der Waals surface area (Å²) in [5.74, 6) is 2.68. The van der Waals surface area contributed by atoms with E-state index in [1.165, 1.54) is 38.8 Å². The average Bonchev–Trinajstić information content (AvgIpc) is 3.91. The van der Waals surface area contributed by atoms with E-state index >= 15 is 0 Å². The quantitative estimate of drug-likeness (QED) is 0.161. The number of hydrogen-bond donors (Lipinski definition) is 0. The van der Waals surface area contributed by atoms with Gasteiger partial charge in [0.15, 0.2) is 17.5 Å². The van der Waals surface area contributed by atoms with Crippen molar-refractivity contribution >= 4 is 17.0 Å². The molecule has 2 aliphatic rings. The summed E-state index contributed by atoms with van der Waals surface area (Å²) in [6, 6.07) is 72.2. The molecule has 2 unspecified atom stereocenters. The van der Waals surface area contributed by atoms with Gasteiger partial charge < -0.3 is 9.30 Å². The van der Waals surface area contributed by atoms with Gasteiger partial charge in [-0.25, -0.2) is 15.0 Å². The van der Waals surface area contributed by atoms with Crippen LogP contribution in [0.25, 0.3) is 90.2 Å². The molecule has 3 heterocycles. The van der Waals surface area contributed by atoms with E-state index in [9.17, 15) is 0 Å². The maximum absolute atomic E-state index is 7.05. The molecule has 0 saturated carbocycles. The van der Waals surface area contributed by atoms with Crippen molar-refractivity contribution < 1.29 is 4.74 Å². The Morgan fingerprint density at radius 2 is 0.903 bits per heavy atom. The molecule has 5 nitrogen and oxygen atoms in total. The highest BCUT2D eigenvalue weighted by Crippen LogP contribution is 2.55. The summed E-state index contributed by atoms with van der Waals surface area (Å²) in [6.45, 7) is 0. The highest BCUT2D eigenvalue weighted by molar-refractivity contribution is 5.92. The van der Waals surface area contributed by atoms with Gasteiger partial charge in [-0.1, -0.05) is 188 Å². The minimum absolute atomic E-state index is 0.0482. The molecular formula is C57H38N4O. The second-order valence-corrected chi connectivity index (χ2v) is 15.9. The molecule has 2 aromatic heterocycles. The lowest BCUT2D eigenvalue weighted by atomic mass is 9.83. The molecule has 0 spiro atoms. The Labute approximate surface area is 360 Å². The molecular weight excluding hydrogens is 757 g/mol. The zero-order chi connectivity index (χ0) is 41.0. The molecule has 8 aromatic carbocycles. The second-order valence-electron chi connectivity index (χ2n) is 15.9. The minimum atomic E-state index is -0.230. The maximum Gasteiger partial charge on any atom is 0.164 e. The van der Waals surface area contributed by atoms with E-state index in [1.807, 2.05) is 24.3 Å². The lowest BCUT2D eigenvalue weighted by molar-refractivity contribution is 0.224. The Bertz CT molecular complexity index is 3300. The van der Waals surface area contributed by atoms with Crippen molar-refractivity contribution in [1.82, 2.24) is 19.5 Å². The first-order valence-corrected chi connectivity index (χ1v) is 21.1. The molecule has 1 aliphatic carbocycles. The van der Waals surface area contributed by atoms with Gasteiger partial charge in [-0.2, -0.15) is 0 Å². The topological polar surface area (TPSA) is 52.8 Å². The fourth-order valence-electron chi connectivity index (χ4n) is 9.30. The Morgan fingerprint density at radius 3 is 1.56 bits per heavy atom. The van der Waals surface area contributed by atoms with Crippen molar-refractivity contribution in [2.24, 2.45) is 0 Å². The molecule has 2 atom stereocenters. The van der Waals surface area contributed by atoms with Crippen molar-refractivity contribution in [3.8, 4) is 79.0 Å². The number of fused-ring (bicyclic) bond motifs is 7. The van der Waals surface area contributed by atoms with Crippen molar-refractivity contribution in [3.05, 3.63) is 229 Å². The lowest BCUT2D eigenvalue weighted by Crippen LogP contribution is -2.14. The molecule has 0 N–H and O–H groups in total. The molecule has 0 amide bonds. The van der Waals surface area contributed by atoms with E-state index in [1.54, 1.807) is 0 Å². The fraction of sp³-hybridized carbons (Fsp3) is 0.0351. The number of para-hydroxylation sites is 1. The highest BCUT2D eigenvalue weighted by atomic mass is 16.5. The van der Waals surface area contributed by atoms with Gasteiger partial charge in [0.1, 0.15) is 11.9 Å². The smallest absolute Gasteiger partial charge is 0.164 e. The fourth-order valence-corrected chi connectivity index (χ4v) is 9.30. The molecule has 0 fully saturated rings. The number of nitrogens with zero attached hydrogens (tertiary/aromatic N) is 4. The van der Waals surface area contributed by atoms with E-state index in [0.29, 0.717) is 17.5 Å². The van der Waals surface area contributed by atoms with Gasteiger partial charge in [0.2, 0.25) is 0 Å². The van der Waals surface area contributed by atoms with Gasteiger partial charge in [0, 0.05) is 44.8 Å². The monoisotopic (exact) mass is 794 g/mol. The van der Waals surface area contributed by atoms with Crippen LogP contribution in [0.4, 0.5) is 0 Å². The molecule has 62 heavy (non-hydrogen) atoms. The van der Waals surface area contributed by atoms with Gasteiger partial charge in [-0.15, -0.1) is 0 Å². The second kappa shape index (κ2) is 14.8. The minimum Gasteiger partial charge on any atom is -0.484 e. The van der Waals surface area contributed by atoms with Gasteiger partial charge >= 0.3 is 0 Å². The van der Waals surface area contributed by atoms with E-state index in [4.69, 9.17) is 19.7 Å². The first kappa shape index (κ1) is 35.8. The van der Waals surface area contributed by atoms with Crippen LogP contribution < -0.4 is 4.74 Å². The molecule has 1 aliphatic heterocycles. The highest BCUT2D eigenvalue weighted by Gasteiger charge is 2.42. The van der Waals surface area contributed by atoms with Crippen LogP contribution in [0.15, 0.2) is 212 Å². The SMILES string of the molecule is C1=CC2c3c(cccc3-c3nc(-c4ccccc4)nc(-c4ccc(-c5ccccc5)cc4)n3)OC2c2c1n(-c1cccc(-c3ccc(-c4ccccc4)cc3)c1)c1ccccc21. The van der Waals surface area contributed by atoms with Crippen LogP contribution in [0.2, 0.25) is 0 Å². The standard InChI is InChI=1S/C57H38N4O/c1-4-14-37(15-5-1)39-26-28-41(29-27-39)44-20-12-21-45(36-44)61-49-24-11-10-22-46(49)53-50(61)35-34-47-52-48(23-13-25-51(52)62-54(47)53)57-59-55(42-18-8-3-9-19-42)58-56(60-57)43-32-30-40(31-33-43)38-16-6-2-7-17-38/h1-36,47,54H. The zero-order valence-electron chi connectivity index (χ0n) is 33.6. The summed E-state index contributed by atoms with van der Waals surface area (Å²) in [5.41, 5.74) is 15.5. The summed E-state index contributed by atoms with van der Waals surface area (Å²) in [7, 11) is 0. The predicted molar refractivity (Wildman–Crippen MR) is 251 cm³/mol. The van der Waals surface area contributed by atoms with Gasteiger partial charge in [-0.05, 0) is 63.7 Å². The molecule has 12 rings (SSSR count). The van der Waals surface area contributed by atoms with Crippen LogP contribution in [0, 0.1) is 0 Å². The molecule has 10 aromatic rings. The Hall–Kier alpha value is -8.15. The van der Waals surface area contributed by atoms with Gasteiger partial charge in [0.05, 0.1) is 11.2 Å². The van der Waals surface area contributed by atoms with Crippen molar-refractivity contribution in [2.75, 3.05) is 0 Å². The Morgan fingerprint density at radius 1 is 0.403 bits per heavy atom. The van der Waals surface area contributed by atoms with Crippen LogP contribution >= 0.6 is 0 Å². The number of benzene rings is 8. The van der Waals surface area contributed by atoms with Crippen LogP contribution in [-0.2, 0) is 0 Å². The molecule has 5 heteroatoms. The predicted octanol–water partition coefficient (Wildman–Crippen LogP) is 14.1. The maximum atomic E-state index is 7.05. The van der Waals surface area contributed by atoms with Crippen molar-refractivity contribution in [2.45, 2.75) is 12.0 Å². The van der Waals surface area contributed by atoms with E-state index in [0.717, 1.165) is 50.5 Å². The molecule has 0 radical (unpaired) electrons. The first-order valence-electron chi connectivity index (χ1n) is 21.1. The van der Waals surface area contributed by atoms with Crippen molar-refractivity contribution in [3.63, 3.8) is 0 Å². The number of hydrogen-bond acceptors (Lipinski definition) is 4. The third-order valence-corrected chi connectivity index (χ3v) is 12.3. The number of ether oxygens (including phenoxy) is 1. The summed E-state index contributed by atoms with van der Waals surface area (Å²) in [4.78, 5) is 15.4.